The van der Waals surface area contributed by atoms with Gasteiger partial charge in [-0.05, 0) is 19.3 Å². The molecular formula is C16H28N4O. The molecule has 1 heterocycles. The minimum absolute atomic E-state index is 0.0361. The minimum atomic E-state index is 0.0361. The standard InChI is InChI=1S/C16H28N4O/c1-3-9-17-14-10-15(20-13(4-2)19-14)18-11-16(12-21)7-5-6-8-16/h10,21H,3-9,11-12H2,1-2H3,(H2,17,18,19,20). The zero-order valence-electron chi connectivity index (χ0n) is 13.3. The van der Waals surface area contributed by atoms with Gasteiger partial charge in [0.05, 0.1) is 6.61 Å². The molecule has 0 spiro atoms. The average Bonchev–Trinajstić information content (AvgIpc) is 3.00. The summed E-state index contributed by atoms with van der Waals surface area (Å²) >= 11 is 0. The molecule has 0 amide bonds. The number of anilines is 2. The van der Waals surface area contributed by atoms with Gasteiger partial charge in [0, 0.05) is 31.0 Å². The predicted molar refractivity (Wildman–Crippen MR) is 86.7 cm³/mol. The quantitative estimate of drug-likeness (QED) is 0.687. The Hall–Kier alpha value is -1.36. The molecule has 1 aromatic heterocycles. The van der Waals surface area contributed by atoms with Crippen molar-refractivity contribution in [1.29, 1.82) is 0 Å². The predicted octanol–water partition coefficient (Wildman–Crippen LogP) is 2.83. The Kier molecular flexibility index (Phi) is 5.79. The summed E-state index contributed by atoms with van der Waals surface area (Å²) in [5.41, 5.74) is 0.0361. The van der Waals surface area contributed by atoms with Crippen molar-refractivity contribution in [2.24, 2.45) is 5.41 Å². The molecule has 1 aliphatic carbocycles. The molecule has 2 rings (SSSR count). The van der Waals surface area contributed by atoms with Crippen molar-refractivity contribution < 1.29 is 5.11 Å². The highest BCUT2D eigenvalue weighted by Gasteiger charge is 2.33. The summed E-state index contributed by atoms with van der Waals surface area (Å²) in [5, 5.41) is 16.4. The summed E-state index contributed by atoms with van der Waals surface area (Å²) in [6.45, 7) is 6.16. The minimum Gasteiger partial charge on any atom is -0.396 e. The zero-order valence-corrected chi connectivity index (χ0v) is 13.3. The lowest BCUT2D eigenvalue weighted by Gasteiger charge is -2.27. The SMILES string of the molecule is CCCNc1cc(NCC2(CO)CCCC2)nc(CC)n1. The fraction of sp³-hybridized carbons (Fsp3) is 0.750. The molecule has 1 aromatic rings. The molecule has 0 bridgehead atoms. The van der Waals surface area contributed by atoms with Gasteiger partial charge in [0.15, 0.2) is 0 Å². The van der Waals surface area contributed by atoms with E-state index in [1.165, 1.54) is 12.8 Å². The number of nitrogens with one attached hydrogen (secondary N) is 2. The van der Waals surface area contributed by atoms with Gasteiger partial charge in [-0.25, -0.2) is 9.97 Å². The van der Waals surface area contributed by atoms with Crippen LogP contribution >= 0.6 is 0 Å². The second-order valence-electron chi connectivity index (χ2n) is 6.05. The van der Waals surface area contributed by atoms with Crippen LogP contribution in [0.15, 0.2) is 6.07 Å². The lowest BCUT2D eigenvalue weighted by Crippen LogP contribution is -2.30. The van der Waals surface area contributed by atoms with Crippen LogP contribution < -0.4 is 10.6 Å². The van der Waals surface area contributed by atoms with Gasteiger partial charge in [-0.2, -0.15) is 0 Å². The zero-order chi connectivity index (χ0) is 15.1. The van der Waals surface area contributed by atoms with E-state index in [4.69, 9.17) is 0 Å². The molecule has 0 unspecified atom stereocenters. The van der Waals surface area contributed by atoms with Gasteiger partial charge >= 0.3 is 0 Å². The third-order valence-electron chi connectivity index (χ3n) is 4.29. The van der Waals surface area contributed by atoms with Gasteiger partial charge in [0.25, 0.3) is 0 Å². The van der Waals surface area contributed by atoms with Gasteiger partial charge < -0.3 is 15.7 Å². The number of aromatic nitrogens is 2. The fourth-order valence-corrected chi connectivity index (χ4v) is 2.88. The van der Waals surface area contributed by atoms with Crippen molar-refractivity contribution >= 4 is 11.6 Å². The summed E-state index contributed by atoms with van der Waals surface area (Å²) in [5.74, 6) is 2.60. The van der Waals surface area contributed by atoms with Crippen LogP contribution in [0.1, 0.15) is 51.8 Å². The van der Waals surface area contributed by atoms with Crippen molar-refractivity contribution in [3.63, 3.8) is 0 Å². The molecule has 0 radical (unpaired) electrons. The van der Waals surface area contributed by atoms with Crippen LogP contribution in [0.3, 0.4) is 0 Å². The number of hydrogen-bond donors (Lipinski definition) is 3. The van der Waals surface area contributed by atoms with E-state index >= 15 is 0 Å². The van der Waals surface area contributed by atoms with E-state index in [1.54, 1.807) is 0 Å². The van der Waals surface area contributed by atoms with Crippen LogP contribution in [0.5, 0.6) is 0 Å². The Balaban J connectivity index is 2.04. The van der Waals surface area contributed by atoms with E-state index in [1.807, 2.05) is 6.07 Å². The molecule has 1 fully saturated rings. The van der Waals surface area contributed by atoms with E-state index in [-0.39, 0.29) is 12.0 Å². The summed E-state index contributed by atoms with van der Waals surface area (Å²) in [6, 6.07) is 1.97. The van der Waals surface area contributed by atoms with E-state index in [0.717, 1.165) is 56.2 Å². The summed E-state index contributed by atoms with van der Waals surface area (Å²) in [7, 11) is 0. The number of aliphatic hydroxyl groups excluding tert-OH is 1. The Morgan fingerprint density at radius 2 is 1.81 bits per heavy atom. The monoisotopic (exact) mass is 292 g/mol. The van der Waals surface area contributed by atoms with Crippen LogP contribution in [0.25, 0.3) is 0 Å². The van der Waals surface area contributed by atoms with Gasteiger partial charge in [0.2, 0.25) is 0 Å². The summed E-state index contributed by atoms with van der Waals surface area (Å²) in [4.78, 5) is 9.04. The van der Waals surface area contributed by atoms with E-state index in [2.05, 4.69) is 34.4 Å². The third kappa shape index (κ3) is 4.30. The van der Waals surface area contributed by atoms with Crippen LogP contribution in [0.4, 0.5) is 11.6 Å². The maximum absolute atomic E-state index is 9.68. The topological polar surface area (TPSA) is 70.1 Å². The first-order chi connectivity index (χ1) is 10.2. The second kappa shape index (κ2) is 7.59. The Morgan fingerprint density at radius 1 is 1.14 bits per heavy atom. The molecule has 0 aromatic carbocycles. The first kappa shape index (κ1) is 16.0. The molecule has 5 heteroatoms. The number of rotatable bonds is 8. The number of nitrogens with zero attached hydrogens (tertiary/aromatic N) is 2. The highest BCUT2D eigenvalue weighted by Crippen LogP contribution is 2.37. The van der Waals surface area contributed by atoms with Crippen LogP contribution in [0, 0.1) is 5.41 Å². The van der Waals surface area contributed by atoms with Gasteiger partial charge in [-0.1, -0.05) is 26.7 Å². The molecule has 1 aliphatic rings. The van der Waals surface area contributed by atoms with E-state index in [0.29, 0.717) is 0 Å². The smallest absolute Gasteiger partial charge is 0.132 e. The summed E-state index contributed by atoms with van der Waals surface area (Å²) < 4.78 is 0. The first-order valence-electron chi connectivity index (χ1n) is 8.18. The highest BCUT2D eigenvalue weighted by atomic mass is 16.3. The molecule has 0 aliphatic heterocycles. The van der Waals surface area contributed by atoms with E-state index < -0.39 is 0 Å². The highest BCUT2D eigenvalue weighted by molar-refractivity contribution is 5.47. The Labute approximate surface area is 127 Å². The van der Waals surface area contributed by atoms with Crippen LogP contribution in [-0.4, -0.2) is 34.8 Å². The molecule has 0 atom stereocenters. The van der Waals surface area contributed by atoms with Crippen molar-refractivity contribution in [3.8, 4) is 0 Å². The number of aliphatic hydroxyl groups is 1. The van der Waals surface area contributed by atoms with E-state index in [9.17, 15) is 5.11 Å². The van der Waals surface area contributed by atoms with Crippen molar-refractivity contribution in [3.05, 3.63) is 11.9 Å². The molecule has 0 saturated heterocycles. The largest absolute Gasteiger partial charge is 0.396 e. The molecule has 5 nitrogen and oxygen atoms in total. The van der Waals surface area contributed by atoms with Gasteiger partial charge in [0.1, 0.15) is 17.5 Å². The molecule has 3 N–H and O–H groups in total. The van der Waals surface area contributed by atoms with Crippen LogP contribution in [0.2, 0.25) is 0 Å². The molecule has 21 heavy (non-hydrogen) atoms. The maximum atomic E-state index is 9.68. The first-order valence-corrected chi connectivity index (χ1v) is 8.18. The van der Waals surface area contributed by atoms with Crippen molar-refractivity contribution in [1.82, 2.24) is 9.97 Å². The molecule has 1 saturated carbocycles. The van der Waals surface area contributed by atoms with Crippen molar-refractivity contribution in [2.75, 3.05) is 30.3 Å². The van der Waals surface area contributed by atoms with Gasteiger partial charge in [-0.15, -0.1) is 0 Å². The fourth-order valence-electron chi connectivity index (χ4n) is 2.88. The lowest BCUT2D eigenvalue weighted by molar-refractivity contribution is 0.142. The van der Waals surface area contributed by atoms with Gasteiger partial charge in [-0.3, -0.25) is 0 Å². The normalized spacial score (nSPS) is 16.9. The Bertz CT molecular complexity index is 444. The lowest BCUT2D eigenvalue weighted by atomic mass is 9.87. The number of aryl methyl sites for hydroxylation is 1. The molecular weight excluding hydrogens is 264 g/mol. The maximum Gasteiger partial charge on any atom is 0.132 e. The summed E-state index contributed by atoms with van der Waals surface area (Å²) in [6.07, 6.45) is 6.53. The second-order valence-corrected chi connectivity index (χ2v) is 6.05. The van der Waals surface area contributed by atoms with Crippen LogP contribution in [-0.2, 0) is 6.42 Å². The van der Waals surface area contributed by atoms with Crippen molar-refractivity contribution in [2.45, 2.75) is 52.4 Å². The number of hydrogen-bond acceptors (Lipinski definition) is 5. The third-order valence-corrected chi connectivity index (χ3v) is 4.29. The Morgan fingerprint density at radius 3 is 2.38 bits per heavy atom. The molecule has 118 valence electrons. The average molecular weight is 292 g/mol.